The molecule has 1 aliphatic heterocycles. The molecule has 34 heavy (non-hydrogen) atoms. The molecule has 0 spiro atoms. The van der Waals surface area contributed by atoms with Crippen molar-refractivity contribution >= 4 is 57.6 Å². The monoisotopic (exact) mass is 497 g/mol. The summed E-state index contributed by atoms with van der Waals surface area (Å²) in [5.74, 6) is -0.633. The molecular formula is C22H12ClN3O7S. The summed E-state index contributed by atoms with van der Waals surface area (Å²) in [5, 5.41) is 22.2. The number of imide groups is 1. The van der Waals surface area contributed by atoms with E-state index in [9.17, 15) is 29.8 Å². The first-order chi connectivity index (χ1) is 16.2. The number of anilines is 1. The van der Waals surface area contributed by atoms with Crippen molar-refractivity contribution in [2.75, 3.05) is 4.90 Å². The van der Waals surface area contributed by atoms with Crippen molar-refractivity contribution in [3.8, 4) is 11.5 Å². The van der Waals surface area contributed by atoms with E-state index in [2.05, 4.69) is 0 Å². The molecule has 0 unspecified atom stereocenters. The number of hydrogen-bond donors (Lipinski definition) is 0. The summed E-state index contributed by atoms with van der Waals surface area (Å²) in [5.41, 5.74) is -0.358. The number of ether oxygens (including phenoxy) is 1. The molecule has 4 rings (SSSR count). The average molecular weight is 498 g/mol. The Labute approximate surface area is 200 Å². The molecule has 0 radical (unpaired) electrons. The molecule has 1 fully saturated rings. The van der Waals surface area contributed by atoms with Crippen LogP contribution in [0.4, 0.5) is 21.9 Å². The van der Waals surface area contributed by atoms with Crippen LogP contribution in [0.2, 0.25) is 5.02 Å². The highest BCUT2D eigenvalue weighted by Crippen LogP contribution is 2.39. The highest BCUT2D eigenvalue weighted by atomic mass is 35.5. The van der Waals surface area contributed by atoms with Crippen molar-refractivity contribution in [2.24, 2.45) is 0 Å². The third-order valence-corrected chi connectivity index (χ3v) is 5.74. The lowest BCUT2D eigenvalue weighted by molar-refractivity contribution is -0.394. The number of amides is 2. The first-order valence-electron chi connectivity index (χ1n) is 9.48. The molecule has 0 aliphatic carbocycles. The van der Waals surface area contributed by atoms with Crippen LogP contribution in [-0.4, -0.2) is 21.0 Å². The number of nitro benzene ring substituents is 2. The van der Waals surface area contributed by atoms with Gasteiger partial charge in [-0.3, -0.25) is 29.8 Å². The van der Waals surface area contributed by atoms with Gasteiger partial charge in [0.1, 0.15) is 5.75 Å². The van der Waals surface area contributed by atoms with Gasteiger partial charge in [0.2, 0.25) is 5.75 Å². The molecule has 3 aromatic carbocycles. The molecule has 3 aromatic rings. The summed E-state index contributed by atoms with van der Waals surface area (Å²) in [4.78, 5) is 47.4. The highest BCUT2D eigenvalue weighted by molar-refractivity contribution is 8.19. The van der Waals surface area contributed by atoms with Gasteiger partial charge in [-0.2, -0.15) is 0 Å². The molecule has 2 amide bonds. The number of carbonyl (C=O) groups excluding carboxylic acids is 2. The maximum absolute atomic E-state index is 12.9. The SMILES string of the molecule is O=C1S/C(=C\c2ccccc2Oc2ccc([N+](=O)[O-])cc2[N+](=O)[O-])C(=O)N1c1cccc(Cl)c1. The van der Waals surface area contributed by atoms with Gasteiger partial charge >= 0.3 is 5.69 Å². The van der Waals surface area contributed by atoms with E-state index in [4.69, 9.17) is 16.3 Å². The van der Waals surface area contributed by atoms with E-state index in [1.54, 1.807) is 36.4 Å². The van der Waals surface area contributed by atoms with E-state index in [0.29, 0.717) is 16.3 Å². The number of benzene rings is 3. The Balaban J connectivity index is 1.68. The second-order valence-electron chi connectivity index (χ2n) is 6.80. The summed E-state index contributed by atoms with van der Waals surface area (Å²) < 4.78 is 5.69. The lowest BCUT2D eigenvalue weighted by atomic mass is 10.1. The van der Waals surface area contributed by atoms with Crippen LogP contribution < -0.4 is 9.64 Å². The molecular weight excluding hydrogens is 486 g/mol. The first-order valence-corrected chi connectivity index (χ1v) is 10.7. The number of nitro groups is 2. The van der Waals surface area contributed by atoms with Gasteiger partial charge in [-0.05, 0) is 48.2 Å². The van der Waals surface area contributed by atoms with Gasteiger partial charge in [0.25, 0.3) is 16.8 Å². The predicted octanol–water partition coefficient (Wildman–Crippen LogP) is 6.19. The average Bonchev–Trinajstić information content (AvgIpc) is 3.07. The predicted molar refractivity (Wildman–Crippen MR) is 126 cm³/mol. The first kappa shape index (κ1) is 23.0. The second kappa shape index (κ2) is 9.33. The van der Waals surface area contributed by atoms with Crippen molar-refractivity contribution in [1.29, 1.82) is 0 Å². The lowest BCUT2D eigenvalue weighted by Gasteiger charge is -2.12. The van der Waals surface area contributed by atoms with Crippen LogP contribution in [0, 0.1) is 20.2 Å². The van der Waals surface area contributed by atoms with Crippen LogP contribution in [0.25, 0.3) is 6.08 Å². The molecule has 170 valence electrons. The van der Waals surface area contributed by atoms with Gasteiger partial charge in [0, 0.05) is 16.7 Å². The Hall–Kier alpha value is -4.22. The van der Waals surface area contributed by atoms with Crippen LogP contribution in [0.3, 0.4) is 0 Å². The third kappa shape index (κ3) is 4.60. The molecule has 10 nitrogen and oxygen atoms in total. The van der Waals surface area contributed by atoms with Crippen LogP contribution >= 0.6 is 23.4 Å². The van der Waals surface area contributed by atoms with Crippen LogP contribution in [0.1, 0.15) is 5.56 Å². The van der Waals surface area contributed by atoms with Crippen molar-refractivity contribution in [1.82, 2.24) is 0 Å². The third-order valence-electron chi connectivity index (χ3n) is 4.64. The van der Waals surface area contributed by atoms with Crippen molar-refractivity contribution in [3.05, 3.63) is 102 Å². The maximum atomic E-state index is 12.9. The number of thioether (sulfide) groups is 1. The van der Waals surface area contributed by atoms with Gasteiger partial charge in [-0.25, -0.2) is 4.90 Å². The molecule has 0 atom stereocenters. The molecule has 12 heteroatoms. The van der Waals surface area contributed by atoms with E-state index >= 15 is 0 Å². The van der Waals surface area contributed by atoms with Crippen LogP contribution in [0.5, 0.6) is 11.5 Å². The summed E-state index contributed by atoms with van der Waals surface area (Å²) in [6, 6.07) is 15.7. The van der Waals surface area contributed by atoms with E-state index < -0.39 is 32.4 Å². The molecule has 1 heterocycles. The van der Waals surface area contributed by atoms with Gasteiger partial charge < -0.3 is 4.74 Å². The van der Waals surface area contributed by atoms with E-state index in [0.717, 1.165) is 34.9 Å². The molecule has 0 bridgehead atoms. The molecule has 0 aromatic heterocycles. The minimum atomic E-state index is -0.790. The normalized spacial score (nSPS) is 14.5. The zero-order valence-electron chi connectivity index (χ0n) is 16.9. The summed E-state index contributed by atoms with van der Waals surface area (Å²) in [6.45, 7) is 0. The van der Waals surface area contributed by atoms with E-state index in [1.807, 2.05) is 0 Å². The zero-order chi connectivity index (χ0) is 24.4. The second-order valence-corrected chi connectivity index (χ2v) is 8.23. The fraction of sp³-hybridized carbons (Fsp3) is 0. The number of carbonyl (C=O) groups is 2. The Kier molecular flexibility index (Phi) is 6.30. The molecule has 1 aliphatic rings. The molecule has 0 saturated carbocycles. The quantitative estimate of drug-likeness (QED) is 0.223. The number of non-ortho nitro benzene ring substituents is 1. The van der Waals surface area contributed by atoms with Gasteiger partial charge in [-0.15, -0.1) is 0 Å². The molecule has 0 N–H and O–H groups in total. The highest BCUT2D eigenvalue weighted by Gasteiger charge is 2.36. The van der Waals surface area contributed by atoms with Crippen molar-refractivity contribution in [2.45, 2.75) is 0 Å². The minimum absolute atomic E-state index is 0.110. The van der Waals surface area contributed by atoms with Gasteiger partial charge in [-0.1, -0.05) is 35.9 Å². The van der Waals surface area contributed by atoms with Crippen LogP contribution in [-0.2, 0) is 4.79 Å². The summed E-state index contributed by atoms with van der Waals surface area (Å²) >= 11 is 6.69. The van der Waals surface area contributed by atoms with Gasteiger partial charge in [0.15, 0.2) is 0 Å². The number of nitrogens with zero attached hydrogens (tertiary/aromatic N) is 3. The van der Waals surface area contributed by atoms with E-state index in [-0.39, 0.29) is 16.4 Å². The number of rotatable bonds is 6. The topological polar surface area (TPSA) is 133 Å². The fourth-order valence-corrected chi connectivity index (χ4v) is 4.12. The minimum Gasteiger partial charge on any atom is -0.449 e. The fourth-order valence-electron chi connectivity index (χ4n) is 3.11. The Morgan fingerprint density at radius 2 is 1.68 bits per heavy atom. The van der Waals surface area contributed by atoms with Crippen molar-refractivity contribution < 1.29 is 24.2 Å². The van der Waals surface area contributed by atoms with E-state index in [1.165, 1.54) is 18.2 Å². The van der Waals surface area contributed by atoms with Crippen LogP contribution in [0.15, 0.2) is 71.6 Å². The Bertz CT molecular complexity index is 1390. The molecule has 1 saturated heterocycles. The summed E-state index contributed by atoms with van der Waals surface area (Å²) in [7, 11) is 0. The Morgan fingerprint density at radius 1 is 0.912 bits per heavy atom. The zero-order valence-corrected chi connectivity index (χ0v) is 18.5. The maximum Gasteiger partial charge on any atom is 0.318 e. The Morgan fingerprint density at radius 3 is 2.38 bits per heavy atom. The lowest BCUT2D eigenvalue weighted by Crippen LogP contribution is -2.27. The standard InChI is InChI=1S/C22H12ClN3O7S/c23-14-5-3-6-15(11-14)24-21(27)20(34-22(24)28)10-13-4-1-2-7-18(13)33-19-9-8-16(25(29)30)12-17(19)26(31)32/h1-12H/b20-10-. The smallest absolute Gasteiger partial charge is 0.318 e. The number of halogens is 1. The number of hydrogen-bond acceptors (Lipinski definition) is 8. The summed E-state index contributed by atoms with van der Waals surface area (Å²) in [6.07, 6.45) is 1.43. The van der Waals surface area contributed by atoms with Crippen molar-refractivity contribution in [3.63, 3.8) is 0 Å². The number of para-hydroxylation sites is 1. The van der Waals surface area contributed by atoms with Gasteiger partial charge in [0.05, 0.1) is 26.5 Å². The largest absolute Gasteiger partial charge is 0.449 e.